The van der Waals surface area contributed by atoms with Crippen LogP contribution in [0.2, 0.25) is 0 Å². The van der Waals surface area contributed by atoms with Gasteiger partial charge in [-0.05, 0) is 6.92 Å². The molecule has 1 N–H and O–H groups in total. The third-order valence-electron chi connectivity index (χ3n) is 1.87. The second kappa shape index (κ2) is 3.95. The summed E-state index contributed by atoms with van der Waals surface area (Å²) in [4.78, 5) is 22.1. The van der Waals surface area contributed by atoms with Crippen LogP contribution in [0, 0.1) is 0 Å². The van der Waals surface area contributed by atoms with Crippen LogP contribution in [-0.2, 0) is 19.6 Å². The van der Waals surface area contributed by atoms with Crippen molar-refractivity contribution in [3.05, 3.63) is 0 Å². The molecular weight excluding hydrogens is 276 g/mol. The summed E-state index contributed by atoms with van der Waals surface area (Å²) in [6.45, 7) is 1.13. The highest BCUT2D eigenvalue weighted by Gasteiger charge is 2.37. The Morgan fingerprint density at radius 3 is 2.64 bits per heavy atom. The molecule has 14 heavy (non-hydrogen) atoms. The van der Waals surface area contributed by atoms with Crippen molar-refractivity contribution in [2.45, 2.75) is 13.0 Å². The molecule has 6 nitrogen and oxygen atoms in total. The average Bonchev–Trinajstić information content (AvgIpc) is 2.11. The van der Waals surface area contributed by atoms with Gasteiger partial charge in [-0.25, -0.2) is 8.42 Å². The van der Waals surface area contributed by atoms with E-state index >= 15 is 0 Å². The van der Waals surface area contributed by atoms with Crippen LogP contribution in [0.25, 0.3) is 0 Å². The second-order valence-corrected chi connectivity index (χ2v) is 6.08. The highest BCUT2D eigenvalue weighted by atomic mass is 79.9. The summed E-state index contributed by atoms with van der Waals surface area (Å²) in [5.41, 5.74) is 0. The Balaban J connectivity index is 2.98. The van der Waals surface area contributed by atoms with Crippen molar-refractivity contribution in [1.29, 1.82) is 0 Å². The molecule has 8 heteroatoms. The molecule has 1 rings (SSSR count). The highest BCUT2D eigenvalue weighted by Crippen LogP contribution is 2.12. The maximum Gasteiger partial charge on any atom is 0.244 e. The smallest absolute Gasteiger partial charge is 0.244 e. The van der Waals surface area contributed by atoms with Crippen LogP contribution in [0.3, 0.4) is 0 Å². The van der Waals surface area contributed by atoms with E-state index in [1.165, 1.54) is 6.92 Å². The van der Waals surface area contributed by atoms with Gasteiger partial charge in [0.2, 0.25) is 21.8 Å². The lowest BCUT2D eigenvalue weighted by Gasteiger charge is -2.29. The monoisotopic (exact) mass is 284 g/mol. The largest absolute Gasteiger partial charge is 0.294 e. The van der Waals surface area contributed by atoms with E-state index in [2.05, 4.69) is 21.2 Å². The van der Waals surface area contributed by atoms with Gasteiger partial charge in [-0.15, -0.1) is 0 Å². The Kier molecular flexibility index (Phi) is 3.28. The number of halogens is 1. The number of piperazine rings is 1. The first-order chi connectivity index (χ1) is 6.38. The molecule has 0 aromatic carbocycles. The molecule has 1 aliphatic heterocycles. The third kappa shape index (κ3) is 2.12. The van der Waals surface area contributed by atoms with Crippen molar-refractivity contribution in [3.63, 3.8) is 0 Å². The molecule has 0 spiro atoms. The topological polar surface area (TPSA) is 83.6 Å². The molecular formula is C6H9BrN2O4S. The molecule has 0 aliphatic carbocycles. The summed E-state index contributed by atoms with van der Waals surface area (Å²) in [6.07, 6.45) is 0. The van der Waals surface area contributed by atoms with Gasteiger partial charge in [0.15, 0.2) is 0 Å². The van der Waals surface area contributed by atoms with E-state index in [9.17, 15) is 18.0 Å². The van der Waals surface area contributed by atoms with Gasteiger partial charge >= 0.3 is 0 Å². The van der Waals surface area contributed by atoms with E-state index in [4.69, 9.17) is 0 Å². The van der Waals surface area contributed by atoms with Crippen molar-refractivity contribution in [1.82, 2.24) is 9.62 Å². The first kappa shape index (κ1) is 11.6. The Bertz CT molecular complexity index is 366. The van der Waals surface area contributed by atoms with E-state index in [1.54, 1.807) is 0 Å². The van der Waals surface area contributed by atoms with Crippen LogP contribution in [-0.4, -0.2) is 41.8 Å². The van der Waals surface area contributed by atoms with E-state index in [-0.39, 0.29) is 11.2 Å². The SMILES string of the molecule is CC1C(=O)NC(=O)CN1S(=O)(=O)CBr. The molecule has 0 radical (unpaired) electrons. The Morgan fingerprint density at radius 1 is 1.57 bits per heavy atom. The molecule has 1 saturated heterocycles. The van der Waals surface area contributed by atoms with E-state index in [0.717, 1.165) is 4.31 Å². The molecule has 1 aliphatic rings. The zero-order chi connectivity index (χ0) is 10.9. The molecule has 80 valence electrons. The minimum absolute atomic E-state index is 0.301. The quantitative estimate of drug-likeness (QED) is 0.522. The van der Waals surface area contributed by atoms with Crippen LogP contribution in [0.4, 0.5) is 0 Å². The van der Waals surface area contributed by atoms with Gasteiger partial charge in [-0.3, -0.25) is 14.9 Å². The van der Waals surface area contributed by atoms with Crippen molar-refractivity contribution < 1.29 is 18.0 Å². The summed E-state index contributed by atoms with van der Waals surface area (Å²) >= 11 is 2.80. The van der Waals surface area contributed by atoms with Crippen LogP contribution in [0.5, 0.6) is 0 Å². The number of carbonyl (C=O) groups is 2. The van der Waals surface area contributed by atoms with Crippen molar-refractivity contribution >= 4 is 37.8 Å². The van der Waals surface area contributed by atoms with Crippen LogP contribution in [0.1, 0.15) is 6.92 Å². The molecule has 0 bridgehead atoms. The lowest BCUT2D eigenvalue weighted by molar-refractivity contribution is -0.136. The Hall–Kier alpha value is -0.470. The maximum atomic E-state index is 11.4. The van der Waals surface area contributed by atoms with E-state index in [0.29, 0.717) is 0 Å². The Morgan fingerprint density at radius 2 is 2.14 bits per heavy atom. The summed E-state index contributed by atoms with van der Waals surface area (Å²) in [6, 6.07) is -0.838. The summed E-state index contributed by atoms with van der Waals surface area (Å²) in [5, 5.41) is 2.06. The lowest BCUT2D eigenvalue weighted by atomic mass is 10.2. The number of imide groups is 1. The summed E-state index contributed by atoms with van der Waals surface area (Å²) in [7, 11) is -3.57. The van der Waals surface area contributed by atoms with E-state index in [1.807, 2.05) is 0 Å². The number of carbonyl (C=O) groups excluding carboxylic acids is 2. The number of nitrogens with one attached hydrogen (secondary N) is 1. The van der Waals surface area contributed by atoms with Gasteiger partial charge in [0.1, 0.15) is 10.7 Å². The van der Waals surface area contributed by atoms with Crippen molar-refractivity contribution in [3.8, 4) is 0 Å². The number of rotatable bonds is 2. The zero-order valence-electron chi connectivity index (χ0n) is 7.36. The fourth-order valence-corrected chi connectivity index (χ4v) is 2.90. The molecule has 0 aromatic heterocycles. The summed E-state index contributed by atoms with van der Waals surface area (Å²) in [5.74, 6) is -1.19. The zero-order valence-corrected chi connectivity index (χ0v) is 9.76. The second-order valence-electron chi connectivity index (χ2n) is 2.85. The molecule has 1 atom stereocenters. The van der Waals surface area contributed by atoms with E-state index < -0.39 is 27.9 Å². The molecule has 1 fully saturated rings. The van der Waals surface area contributed by atoms with Gasteiger partial charge in [-0.2, -0.15) is 4.31 Å². The molecule has 0 aromatic rings. The Labute approximate surface area is 89.8 Å². The molecule has 0 saturated carbocycles. The molecule has 1 unspecified atom stereocenters. The van der Waals surface area contributed by atoms with Gasteiger partial charge in [0.05, 0.1) is 6.54 Å². The minimum atomic E-state index is -3.57. The number of hydrogen-bond donors (Lipinski definition) is 1. The number of nitrogens with zero attached hydrogens (tertiary/aromatic N) is 1. The fraction of sp³-hybridized carbons (Fsp3) is 0.667. The molecule has 2 amide bonds. The van der Waals surface area contributed by atoms with Crippen molar-refractivity contribution in [2.24, 2.45) is 0 Å². The van der Waals surface area contributed by atoms with Crippen LogP contribution in [0.15, 0.2) is 0 Å². The standard InChI is InChI=1S/C6H9BrN2O4S/c1-4-6(11)8-5(10)2-9(4)14(12,13)3-7/h4H,2-3H2,1H3,(H,8,10,11). The number of amides is 2. The van der Waals surface area contributed by atoms with Crippen molar-refractivity contribution in [2.75, 3.05) is 11.2 Å². The number of alkyl halides is 1. The average molecular weight is 285 g/mol. The highest BCUT2D eigenvalue weighted by molar-refractivity contribution is 9.10. The minimum Gasteiger partial charge on any atom is -0.294 e. The predicted octanol–water partition coefficient (Wildman–Crippen LogP) is -0.985. The predicted molar refractivity (Wildman–Crippen MR) is 52.0 cm³/mol. The lowest BCUT2D eigenvalue weighted by Crippen LogP contribution is -2.58. The number of hydrogen-bond acceptors (Lipinski definition) is 4. The van der Waals surface area contributed by atoms with Crippen LogP contribution >= 0.6 is 15.9 Å². The van der Waals surface area contributed by atoms with Gasteiger partial charge in [0.25, 0.3) is 0 Å². The fourth-order valence-electron chi connectivity index (χ4n) is 1.09. The van der Waals surface area contributed by atoms with Gasteiger partial charge in [0, 0.05) is 0 Å². The van der Waals surface area contributed by atoms with Gasteiger partial charge in [-0.1, -0.05) is 15.9 Å². The molecule has 1 heterocycles. The first-order valence-electron chi connectivity index (χ1n) is 3.77. The first-order valence-corrected chi connectivity index (χ1v) is 6.50. The summed E-state index contributed by atoms with van der Waals surface area (Å²) < 4.78 is 23.4. The maximum absolute atomic E-state index is 11.4. The van der Waals surface area contributed by atoms with Crippen LogP contribution < -0.4 is 5.32 Å². The normalized spacial score (nSPS) is 24.9. The number of sulfonamides is 1. The van der Waals surface area contributed by atoms with Gasteiger partial charge < -0.3 is 0 Å². The third-order valence-corrected chi connectivity index (χ3v) is 5.04.